The van der Waals surface area contributed by atoms with Crippen molar-refractivity contribution in [2.24, 2.45) is 0 Å². The number of nitrogens with one attached hydrogen (secondary N) is 2. The lowest BCUT2D eigenvalue weighted by molar-refractivity contribution is 0.256. The number of ether oxygens (including phenoxy) is 2. The smallest absolute Gasteiger partial charge is 0.336 e. The Morgan fingerprint density at radius 1 is 1.00 bits per heavy atom. The van der Waals surface area contributed by atoms with Crippen LogP contribution < -0.4 is 23.8 Å². The van der Waals surface area contributed by atoms with Crippen LogP contribution in [0.3, 0.4) is 0 Å². The van der Waals surface area contributed by atoms with E-state index in [2.05, 4.69) is 25.3 Å². The van der Waals surface area contributed by atoms with Crippen LogP contribution in [0, 0.1) is 13.8 Å². The first kappa shape index (κ1) is 20.1. The fraction of sp³-hybridized carbons (Fsp3) is 0.357. The van der Waals surface area contributed by atoms with E-state index in [0.29, 0.717) is 11.4 Å². The van der Waals surface area contributed by atoms with Gasteiger partial charge in [-0.1, -0.05) is 0 Å². The fourth-order valence-corrected chi connectivity index (χ4v) is 2.66. The van der Waals surface area contributed by atoms with E-state index in [1.165, 1.54) is 27.3 Å². The second kappa shape index (κ2) is 7.99. The van der Waals surface area contributed by atoms with Crippen LogP contribution in [0.1, 0.15) is 11.4 Å². The van der Waals surface area contributed by atoms with Gasteiger partial charge in [0.05, 0.1) is 20.3 Å². The van der Waals surface area contributed by atoms with Gasteiger partial charge in [-0.05, 0) is 19.9 Å². The van der Waals surface area contributed by atoms with Gasteiger partial charge in [-0.3, -0.25) is 5.32 Å². The highest BCUT2D eigenvalue weighted by Crippen LogP contribution is 2.17. The molecule has 2 N–H and O–H groups in total. The maximum atomic E-state index is 12.4. The van der Waals surface area contributed by atoms with Gasteiger partial charge in [-0.2, -0.15) is 18.4 Å². The molecule has 12 nitrogen and oxygen atoms in total. The van der Waals surface area contributed by atoms with Gasteiger partial charge in [-0.25, -0.2) is 23.8 Å². The Hall–Kier alpha value is -3.22. The summed E-state index contributed by atoms with van der Waals surface area (Å²) in [6, 6.07) is 2.00. The maximum Gasteiger partial charge on any atom is 0.336 e. The molecule has 0 atom stereocenters. The summed E-state index contributed by atoms with van der Waals surface area (Å²) in [7, 11) is -0.312. The fourth-order valence-electron chi connectivity index (χ4n) is 1.94. The minimum Gasteiger partial charge on any atom is -0.481 e. The topological polar surface area (TPSA) is 149 Å². The Balaban J connectivity index is 2.16. The molecule has 13 heteroatoms. The molecule has 2 heterocycles. The van der Waals surface area contributed by atoms with Gasteiger partial charge in [0.1, 0.15) is 0 Å². The number of hydrogen-bond donors (Lipinski definition) is 2. The van der Waals surface area contributed by atoms with Crippen molar-refractivity contribution in [3.8, 4) is 11.8 Å². The zero-order valence-corrected chi connectivity index (χ0v) is 16.2. The van der Waals surface area contributed by atoms with Gasteiger partial charge < -0.3 is 9.47 Å². The first-order valence-electron chi connectivity index (χ1n) is 7.51. The Labute approximate surface area is 156 Å². The van der Waals surface area contributed by atoms with Crippen LogP contribution in [0.5, 0.6) is 11.8 Å². The van der Waals surface area contributed by atoms with E-state index in [1.807, 2.05) is 4.72 Å². The van der Waals surface area contributed by atoms with E-state index in [-0.39, 0.29) is 23.7 Å². The molecule has 0 saturated carbocycles. The molecule has 0 radical (unpaired) electrons. The van der Waals surface area contributed by atoms with Gasteiger partial charge in [0.25, 0.3) is 0 Å². The molecule has 2 amide bonds. The molecule has 0 bridgehead atoms. The second-order valence-corrected chi connectivity index (χ2v) is 6.96. The van der Waals surface area contributed by atoms with Crippen LogP contribution >= 0.6 is 0 Å². The lowest BCUT2D eigenvalue weighted by atomic mass is 10.4. The Morgan fingerprint density at radius 3 is 2.00 bits per heavy atom. The summed E-state index contributed by atoms with van der Waals surface area (Å²) < 4.78 is 37.2. The van der Waals surface area contributed by atoms with Crippen molar-refractivity contribution in [2.75, 3.05) is 30.9 Å². The van der Waals surface area contributed by atoms with Crippen LogP contribution in [0.4, 0.5) is 16.7 Å². The van der Waals surface area contributed by atoms with Crippen molar-refractivity contribution in [1.82, 2.24) is 24.7 Å². The van der Waals surface area contributed by atoms with E-state index in [1.54, 1.807) is 19.9 Å². The number of anilines is 2. The summed E-state index contributed by atoms with van der Waals surface area (Å²) in [6.45, 7) is 3.40. The standard InChI is InChI=1S/C14H19N7O5S/c1-8-6-9(2)16-13(15-8)21(3)27(23,24)20-14(22)19-12-17-10(25-4)7-11(18-12)26-5/h6-7H,1-5H3,(H2,17,18,19,20,22). The number of carbonyl (C=O) groups is 1. The van der Waals surface area contributed by atoms with Crippen LogP contribution in [0.25, 0.3) is 0 Å². The molecule has 0 aliphatic carbocycles. The van der Waals surface area contributed by atoms with Crippen molar-refractivity contribution in [1.29, 1.82) is 0 Å². The van der Waals surface area contributed by atoms with Crippen molar-refractivity contribution in [3.63, 3.8) is 0 Å². The maximum absolute atomic E-state index is 12.4. The average Bonchev–Trinajstić information content (AvgIpc) is 2.59. The van der Waals surface area contributed by atoms with Gasteiger partial charge in [0.2, 0.25) is 23.7 Å². The Kier molecular flexibility index (Phi) is 5.95. The number of rotatable bonds is 6. The molecule has 0 aliphatic rings. The summed E-state index contributed by atoms with van der Waals surface area (Å²) >= 11 is 0. The summed E-state index contributed by atoms with van der Waals surface area (Å²) in [5.74, 6) is -0.0298. The van der Waals surface area contributed by atoms with Crippen molar-refractivity contribution >= 4 is 28.1 Å². The van der Waals surface area contributed by atoms with E-state index in [9.17, 15) is 13.2 Å². The molecular weight excluding hydrogens is 378 g/mol. The highest BCUT2D eigenvalue weighted by molar-refractivity contribution is 7.91. The van der Waals surface area contributed by atoms with E-state index >= 15 is 0 Å². The van der Waals surface area contributed by atoms with Crippen LogP contribution in [-0.4, -0.2) is 55.7 Å². The molecule has 0 spiro atoms. The molecule has 0 aromatic carbocycles. The first-order chi connectivity index (χ1) is 12.6. The predicted molar refractivity (Wildman–Crippen MR) is 96.1 cm³/mol. The molecule has 0 fully saturated rings. The molecule has 2 aromatic rings. The molecule has 146 valence electrons. The van der Waals surface area contributed by atoms with Crippen molar-refractivity contribution in [3.05, 3.63) is 23.5 Å². The predicted octanol–water partition coefficient (Wildman–Crippen LogP) is 0.403. The summed E-state index contributed by atoms with van der Waals surface area (Å²) in [5.41, 5.74) is 1.17. The quantitative estimate of drug-likeness (QED) is 0.706. The number of aromatic nitrogens is 4. The SMILES string of the molecule is COc1cc(OC)nc(NC(=O)NS(=O)(=O)N(C)c2nc(C)cc(C)n2)n1. The van der Waals surface area contributed by atoms with E-state index in [4.69, 9.17) is 9.47 Å². The lowest BCUT2D eigenvalue weighted by Gasteiger charge is -2.18. The third-order valence-corrected chi connectivity index (χ3v) is 4.48. The van der Waals surface area contributed by atoms with Crippen molar-refractivity contribution in [2.45, 2.75) is 13.8 Å². The van der Waals surface area contributed by atoms with Gasteiger partial charge in [0, 0.05) is 18.4 Å². The highest BCUT2D eigenvalue weighted by Gasteiger charge is 2.24. The number of urea groups is 1. The van der Waals surface area contributed by atoms with E-state index in [0.717, 1.165) is 4.31 Å². The first-order valence-corrected chi connectivity index (χ1v) is 8.95. The zero-order chi connectivity index (χ0) is 20.2. The monoisotopic (exact) mass is 397 g/mol. The minimum atomic E-state index is -4.27. The number of hydrogen-bond acceptors (Lipinski definition) is 9. The number of amides is 2. The number of carbonyl (C=O) groups excluding carboxylic acids is 1. The second-order valence-electron chi connectivity index (χ2n) is 5.26. The summed E-state index contributed by atoms with van der Waals surface area (Å²) in [4.78, 5) is 27.9. The van der Waals surface area contributed by atoms with Crippen LogP contribution in [0.2, 0.25) is 0 Å². The highest BCUT2D eigenvalue weighted by atomic mass is 32.2. The third-order valence-electron chi connectivity index (χ3n) is 3.16. The largest absolute Gasteiger partial charge is 0.481 e. The van der Waals surface area contributed by atoms with Crippen molar-refractivity contribution < 1.29 is 22.7 Å². The number of aryl methyl sites for hydroxylation is 2. The van der Waals surface area contributed by atoms with Gasteiger partial charge in [0.15, 0.2) is 0 Å². The summed E-state index contributed by atoms with van der Waals surface area (Å²) in [5, 5.41) is 2.20. The molecule has 0 saturated heterocycles. The summed E-state index contributed by atoms with van der Waals surface area (Å²) in [6.07, 6.45) is 0. The third kappa shape index (κ3) is 5.13. The molecule has 0 unspecified atom stereocenters. The normalized spacial score (nSPS) is 10.9. The molecular formula is C14H19N7O5S. The van der Waals surface area contributed by atoms with Crippen LogP contribution in [0.15, 0.2) is 12.1 Å². The number of methoxy groups -OCH3 is 2. The average molecular weight is 397 g/mol. The Bertz CT molecular complexity index is 908. The van der Waals surface area contributed by atoms with Gasteiger partial charge in [-0.15, -0.1) is 0 Å². The number of nitrogens with zero attached hydrogens (tertiary/aromatic N) is 5. The molecule has 0 aliphatic heterocycles. The van der Waals surface area contributed by atoms with Gasteiger partial charge >= 0.3 is 16.2 Å². The lowest BCUT2D eigenvalue weighted by Crippen LogP contribution is -2.44. The zero-order valence-electron chi connectivity index (χ0n) is 15.3. The molecule has 2 rings (SSSR count). The Morgan fingerprint density at radius 2 is 1.52 bits per heavy atom. The minimum absolute atomic E-state index is 0.0768. The molecule has 2 aromatic heterocycles. The molecule has 27 heavy (non-hydrogen) atoms. The van der Waals surface area contributed by atoms with E-state index < -0.39 is 16.2 Å². The van der Waals surface area contributed by atoms with Crippen LogP contribution in [-0.2, 0) is 10.2 Å².